The minimum absolute atomic E-state index is 0.156. The van der Waals surface area contributed by atoms with Gasteiger partial charge >= 0.3 is 5.97 Å². The fourth-order valence-electron chi connectivity index (χ4n) is 8.27. The van der Waals surface area contributed by atoms with Gasteiger partial charge in [0.15, 0.2) is 6.29 Å². The number of hydrogen-bond donors (Lipinski definition) is 0. The van der Waals surface area contributed by atoms with Crippen molar-refractivity contribution in [3.63, 3.8) is 0 Å². The molecule has 242 valence electrons. The summed E-state index contributed by atoms with van der Waals surface area (Å²) in [4.78, 5) is 17.6. The molecule has 8 nitrogen and oxygen atoms in total. The van der Waals surface area contributed by atoms with Crippen molar-refractivity contribution in [2.75, 3.05) is 13.2 Å². The summed E-state index contributed by atoms with van der Waals surface area (Å²) in [6.45, 7) is 18.9. The molecule has 5 heterocycles. The molecule has 1 saturated carbocycles. The van der Waals surface area contributed by atoms with E-state index < -0.39 is 23.3 Å². The van der Waals surface area contributed by atoms with E-state index >= 15 is 0 Å². The predicted octanol–water partition coefficient (Wildman–Crippen LogP) is 6.13. The first-order valence-electron chi connectivity index (χ1n) is 16.6. The van der Waals surface area contributed by atoms with Crippen LogP contribution in [0.2, 0.25) is 0 Å². The Morgan fingerprint density at radius 1 is 1.16 bits per heavy atom. The van der Waals surface area contributed by atoms with Crippen molar-refractivity contribution >= 4 is 12.0 Å². The summed E-state index contributed by atoms with van der Waals surface area (Å²) in [5.41, 5.74) is 0.0202. The smallest absolute Gasteiger partial charge is 0.331 e. The summed E-state index contributed by atoms with van der Waals surface area (Å²) >= 11 is 0. The largest absolute Gasteiger partial charge is 0.456 e. The highest BCUT2D eigenvalue weighted by atomic mass is 16.7. The number of fused-ring (bicyclic) bond motifs is 5. The Morgan fingerprint density at radius 2 is 1.93 bits per heavy atom. The van der Waals surface area contributed by atoms with Crippen LogP contribution in [0.1, 0.15) is 73.9 Å². The van der Waals surface area contributed by atoms with Crippen LogP contribution in [0.4, 0.5) is 0 Å². The Morgan fingerprint density at radius 3 is 2.64 bits per heavy atom. The van der Waals surface area contributed by atoms with Crippen LogP contribution in [0.3, 0.4) is 0 Å². The number of nitrogens with zero attached hydrogens (tertiary/aromatic N) is 2. The van der Waals surface area contributed by atoms with Gasteiger partial charge in [-0.05, 0) is 80.9 Å². The average Bonchev–Trinajstić information content (AvgIpc) is 3.26. The van der Waals surface area contributed by atoms with E-state index in [-0.39, 0.29) is 29.8 Å². The van der Waals surface area contributed by atoms with Crippen molar-refractivity contribution in [3.8, 4) is 0 Å². The quantitative estimate of drug-likeness (QED) is 0.159. The number of epoxide rings is 1. The topological polar surface area (TPSA) is 84.3 Å². The third-order valence-electron chi connectivity index (χ3n) is 11.8. The SMILES string of the molecule is CC1COC(OC/C2=C/[C@@H]3[C@@H](C(C)C)CC4OC4(C)[C@@H]3C[C@H](OC(=O)/C=C/c3cn(C)cn3)[C@]3(C)C=C[C@@]2(C)O3)C(C)C1C. The molecule has 1 aromatic rings. The van der Waals surface area contributed by atoms with Crippen molar-refractivity contribution in [1.82, 2.24) is 9.55 Å². The van der Waals surface area contributed by atoms with Gasteiger partial charge in [0.2, 0.25) is 0 Å². The number of imidazole rings is 1. The van der Waals surface area contributed by atoms with Gasteiger partial charge in [0.05, 0.1) is 36.9 Å². The monoisotopic (exact) mass is 608 g/mol. The van der Waals surface area contributed by atoms with Gasteiger partial charge in [-0.3, -0.25) is 0 Å². The van der Waals surface area contributed by atoms with Crippen LogP contribution in [0.25, 0.3) is 6.08 Å². The van der Waals surface area contributed by atoms with Crippen LogP contribution in [0.5, 0.6) is 0 Å². The molecular formula is C36H52N2O6. The molecule has 1 aromatic heterocycles. The highest BCUT2D eigenvalue weighted by Gasteiger charge is 2.66. The molecule has 0 aromatic carbocycles. The standard InChI is InChI=1S/C36H52N2O6/c1-21(2)27-15-31-36(8,43-31)29-16-30(42-32(39)11-10-26-17-38(9)20-37-26)35(7)13-12-34(6,44-35)25(14-28(27)29)19-41-33-24(5)23(4)22(3)18-40-33/h10-14,17,20-24,27-31,33H,15-16,18-19H2,1-9H3/b11-10+,25-14-/t22?,23?,24?,27-,28-,29-,30+,31?,33?,34-,35+,36?/m1/s1. The highest BCUT2D eigenvalue weighted by Crippen LogP contribution is 2.60. The van der Waals surface area contributed by atoms with Gasteiger partial charge in [0, 0.05) is 31.2 Å². The van der Waals surface area contributed by atoms with Crippen LogP contribution < -0.4 is 0 Å². The molecule has 0 N–H and O–H groups in total. The number of hydrogen-bond acceptors (Lipinski definition) is 7. The molecule has 2 bridgehead atoms. The van der Waals surface area contributed by atoms with Gasteiger partial charge in [0.25, 0.3) is 0 Å². The molecular weight excluding hydrogens is 556 g/mol. The number of ether oxygens (including phenoxy) is 5. The minimum atomic E-state index is -0.818. The van der Waals surface area contributed by atoms with E-state index in [0.29, 0.717) is 54.9 Å². The summed E-state index contributed by atoms with van der Waals surface area (Å²) in [5.74, 6) is 2.20. The van der Waals surface area contributed by atoms with Gasteiger partial charge in [-0.1, -0.05) is 46.8 Å². The number of esters is 1. The number of rotatable bonds is 7. The van der Waals surface area contributed by atoms with E-state index in [2.05, 4.69) is 71.7 Å². The fraction of sp³-hybridized carbons (Fsp3) is 0.722. The van der Waals surface area contributed by atoms with E-state index in [1.807, 2.05) is 24.7 Å². The first-order valence-corrected chi connectivity index (χ1v) is 16.6. The number of aryl methyl sites for hydroxylation is 1. The molecule has 8 heteroatoms. The van der Waals surface area contributed by atoms with Crippen molar-refractivity contribution in [2.24, 2.45) is 48.5 Å². The van der Waals surface area contributed by atoms with Gasteiger partial charge in [-0.25, -0.2) is 9.78 Å². The molecule has 2 saturated heterocycles. The summed E-state index contributed by atoms with van der Waals surface area (Å²) < 4.78 is 34.4. The molecule has 44 heavy (non-hydrogen) atoms. The second-order valence-corrected chi connectivity index (χ2v) is 15.2. The second kappa shape index (κ2) is 11.5. The average molecular weight is 609 g/mol. The molecule has 12 atom stereocenters. The zero-order valence-corrected chi connectivity index (χ0v) is 28.0. The molecule has 6 unspecified atom stereocenters. The molecule has 3 fully saturated rings. The molecule has 4 aliphatic heterocycles. The minimum Gasteiger partial charge on any atom is -0.456 e. The second-order valence-electron chi connectivity index (χ2n) is 15.2. The van der Waals surface area contributed by atoms with Gasteiger partial charge in [0.1, 0.15) is 17.3 Å². The lowest BCUT2D eigenvalue weighted by Gasteiger charge is -2.42. The summed E-state index contributed by atoms with van der Waals surface area (Å²) in [5, 5.41) is 0. The molecule has 0 spiro atoms. The van der Waals surface area contributed by atoms with Crippen LogP contribution in [-0.2, 0) is 35.5 Å². The van der Waals surface area contributed by atoms with Crippen LogP contribution in [0.15, 0.2) is 42.4 Å². The maximum Gasteiger partial charge on any atom is 0.331 e. The maximum atomic E-state index is 13.3. The lowest BCUT2D eigenvalue weighted by atomic mass is 9.61. The first-order chi connectivity index (χ1) is 20.7. The van der Waals surface area contributed by atoms with Gasteiger partial charge in [-0.15, -0.1) is 0 Å². The molecule has 6 rings (SSSR count). The summed E-state index contributed by atoms with van der Waals surface area (Å²) in [6, 6.07) is 0. The highest BCUT2D eigenvalue weighted by molar-refractivity contribution is 5.86. The lowest BCUT2D eigenvalue weighted by Crippen LogP contribution is -2.48. The zero-order valence-electron chi connectivity index (χ0n) is 28.0. The number of aromatic nitrogens is 2. The maximum absolute atomic E-state index is 13.3. The van der Waals surface area contributed by atoms with E-state index in [4.69, 9.17) is 23.7 Å². The Balaban J connectivity index is 1.32. The van der Waals surface area contributed by atoms with Crippen molar-refractivity contribution in [2.45, 2.75) is 104 Å². The fourth-order valence-corrected chi connectivity index (χ4v) is 8.27. The van der Waals surface area contributed by atoms with Crippen LogP contribution >= 0.6 is 0 Å². The van der Waals surface area contributed by atoms with Crippen molar-refractivity contribution in [3.05, 3.63) is 48.1 Å². The van der Waals surface area contributed by atoms with E-state index in [1.54, 1.807) is 12.4 Å². The Kier molecular flexibility index (Phi) is 8.30. The van der Waals surface area contributed by atoms with Crippen LogP contribution in [-0.4, -0.2) is 64.0 Å². The van der Waals surface area contributed by atoms with Gasteiger partial charge in [-0.2, -0.15) is 0 Å². The third kappa shape index (κ3) is 5.76. The normalized spacial score (nSPS) is 46.0. The molecule has 0 radical (unpaired) electrons. The van der Waals surface area contributed by atoms with E-state index in [9.17, 15) is 4.79 Å². The molecule has 1 aliphatic carbocycles. The number of carbonyl (C=O) groups is 1. The van der Waals surface area contributed by atoms with Gasteiger partial charge < -0.3 is 28.3 Å². The first kappa shape index (κ1) is 31.7. The molecule has 5 aliphatic rings. The number of carbonyl (C=O) groups excluding carboxylic acids is 1. The molecule has 0 amide bonds. The Labute approximate surface area is 263 Å². The van der Waals surface area contributed by atoms with Crippen molar-refractivity contribution < 1.29 is 28.5 Å². The third-order valence-corrected chi connectivity index (χ3v) is 11.8. The van der Waals surface area contributed by atoms with E-state index in [1.165, 1.54) is 6.08 Å². The lowest BCUT2D eigenvalue weighted by molar-refractivity contribution is -0.214. The number of allylic oxidation sites excluding steroid dienone is 1. The summed E-state index contributed by atoms with van der Waals surface area (Å²) in [6.07, 6.45) is 14.5. The Hall–Kier alpha value is -2.26. The predicted molar refractivity (Wildman–Crippen MR) is 168 cm³/mol. The summed E-state index contributed by atoms with van der Waals surface area (Å²) in [7, 11) is 1.90. The van der Waals surface area contributed by atoms with E-state index in [0.717, 1.165) is 12.0 Å². The van der Waals surface area contributed by atoms with Crippen molar-refractivity contribution in [1.29, 1.82) is 0 Å². The zero-order chi connectivity index (χ0) is 31.6. The van der Waals surface area contributed by atoms with Crippen LogP contribution in [0, 0.1) is 41.4 Å². The Bertz CT molecular complexity index is 1330.